The fourth-order valence-corrected chi connectivity index (χ4v) is 3.83. The predicted molar refractivity (Wildman–Crippen MR) is 75.8 cm³/mol. The highest BCUT2D eigenvalue weighted by Crippen LogP contribution is 2.37. The van der Waals surface area contributed by atoms with Crippen molar-refractivity contribution in [3.8, 4) is 6.07 Å². The molecule has 0 radical (unpaired) electrons. The molecule has 0 aromatic rings. The lowest BCUT2D eigenvalue weighted by Gasteiger charge is -2.32. The molecule has 4 unspecified atom stereocenters. The lowest BCUT2D eigenvalue weighted by molar-refractivity contribution is 0.0807. The van der Waals surface area contributed by atoms with Gasteiger partial charge in [0.1, 0.15) is 5.54 Å². The molecule has 1 saturated carbocycles. The van der Waals surface area contributed by atoms with Gasteiger partial charge in [-0.15, -0.1) is 0 Å². The molecule has 1 N–H and O–H groups in total. The van der Waals surface area contributed by atoms with Crippen molar-refractivity contribution in [2.45, 2.75) is 56.7 Å². The Bertz CT molecular complexity index is 341. The molecule has 0 spiro atoms. The maximum atomic E-state index is 9.46. The Balaban J connectivity index is 1.86. The molecule has 2 aliphatic rings. The average Bonchev–Trinajstić information content (AvgIpc) is 3.02. The van der Waals surface area contributed by atoms with Crippen LogP contribution in [0.5, 0.6) is 0 Å². The second-order valence-corrected chi connectivity index (χ2v) is 6.12. The molecule has 108 valence electrons. The summed E-state index contributed by atoms with van der Waals surface area (Å²) in [6.45, 7) is 4.11. The Kier molecular flexibility index (Phi) is 4.83. The van der Waals surface area contributed by atoms with E-state index in [0.29, 0.717) is 18.1 Å². The third-order valence-corrected chi connectivity index (χ3v) is 5.20. The van der Waals surface area contributed by atoms with E-state index in [4.69, 9.17) is 4.74 Å². The highest BCUT2D eigenvalue weighted by Gasteiger charge is 2.42. The van der Waals surface area contributed by atoms with Crippen LogP contribution in [0.3, 0.4) is 0 Å². The molecule has 0 aromatic carbocycles. The molecule has 0 aromatic heterocycles. The van der Waals surface area contributed by atoms with Crippen LogP contribution in [0.4, 0.5) is 0 Å². The van der Waals surface area contributed by atoms with E-state index in [-0.39, 0.29) is 5.54 Å². The van der Waals surface area contributed by atoms with Gasteiger partial charge in [0.2, 0.25) is 0 Å². The van der Waals surface area contributed by atoms with Crippen LogP contribution in [0.25, 0.3) is 0 Å². The van der Waals surface area contributed by atoms with E-state index in [9.17, 15) is 5.26 Å². The molecule has 19 heavy (non-hydrogen) atoms. The minimum absolute atomic E-state index is 0.279. The highest BCUT2D eigenvalue weighted by atomic mass is 16.5. The summed E-state index contributed by atoms with van der Waals surface area (Å²) in [6, 6.07) is 3.07. The molecule has 2 rings (SSSR count). The molecular formula is C15H27N3O. The molecule has 0 amide bonds. The van der Waals surface area contributed by atoms with Gasteiger partial charge in [-0.05, 0) is 59.2 Å². The number of ether oxygens (including phenoxy) is 1. The normalized spacial score (nSPS) is 38.8. The fourth-order valence-electron chi connectivity index (χ4n) is 3.83. The van der Waals surface area contributed by atoms with E-state index in [0.717, 1.165) is 32.4 Å². The van der Waals surface area contributed by atoms with Gasteiger partial charge in [0.15, 0.2) is 0 Å². The minimum Gasteiger partial charge on any atom is -0.377 e. The summed E-state index contributed by atoms with van der Waals surface area (Å²) >= 11 is 0. The topological polar surface area (TPSA) is 48.3 Å². The van der Waals surface area contributed by atoms with E-state index in [1.807, 2.05) is 7.05 Å². The lowest BCUT2D eigenvalue weighted by atomic mass is 9.86. The van der Waals surface area contributed by atoms with Crippen molar-refractivity contribution in [3.05, 3.63) is 0 Å². The monoisotopic (exact) mass is 265 g/mol. The molecule has 1 heterocycles. The standard InChI is InChI=1S/C15H27N3O/c1-12-14(7-10-19-12)18(3)9-6-13-5-4-8-15(13,11-16)17-2/h12-14,17H,4-10H2,1-3H3. The van der Waals surface area contributed by atoms with E-state index < -0.39 is 0 Å². The quantitative estimate of drug-likeness (QED) is 0.823. The van der Waals surface area contributed by atoms with Crippen LogP contribution in [0.2, 0.25) is 0 Å². The number of hydrogen-bond acceptors (Lipinski definition) is 4. The first-order chi connectivity index (χ1) is 9.13. The van der Waals surface area contributed by atoms with Crippen molar-refractivity contribution in [1.29, 1.82) is 5.26 Å². The Labute approximate surface area is 117 Å². The number of rotatable bonds is 5. The molecule has 4 nitrogen and oxygen atoms in total. The lowest BCUT2D eigenvalue weighted by Crippen LogP contribution is -2.46. The summed E-state index contributed by atoms with van der Waals surface area (Å²) in [5.41, 5.74) is -0.279. The van der Waals surface area contributed by atoms with Gasteiger partial charge in [-0.1, -0.05) is 6.42 Å². The summed E-state index contributed by atoms with van der Waals surface area (Å²) < 4.78 is 5.64. The number of nitrogens with one attached hydrogen (secondary N) is 1. The van der Waals surface area contributed by atoms with Crippen molar-refractivity contribution >= 4 is 0 Å². The number of nitrogens with zero attached hydrogens (tertiary/aromatic N) is 2. The molecular weight excluding hydrogens is 238 g/mol. The Hall–Kier alpha value is -0.630. The summed E-state index contributed by atoms with van der Waals surface area (Å²) in [4.78, 5) is 2.42. The summed E-state index contributed by atoms with van der Waals surface area (Å²) in [6.07, 6.45) is 5.94. The van der Waals surface area contributed by atoms with E-state index in [1.54, 1.807) is 0 Å². The van der Waals surface area contributed by atoms with Crippen molar-refractivity contribution in [3.63, 3.8) is 0 Å². The van der Waals surface area contributed by atoms with Crippen LogP contribution in [0.15, 0.2) is 0 Å². The van der Waals surface area contributed by atoms with Crippen LogP contribution in [-0.2, 0) is 4.74 Å². The first-order valence-electron chi connectivity index (χ1n) is 7.55. The zero-order valence-corrected chi connectivity index (χ0v) is 12.5. The van der Waals surface area contributed by atoms with Gasteiger partial charge in [0, 0.05) is 12.6 Å². The molecule has 1 aliphatic carbocycles. The Morgan fingerprint density at radius 2 is 2.26 bits per heavy atom. The fraction of sp³-hybridized carbons (Fsp3) is 0.933. The first kappa shape index (κ1) is 14.8. The number of nitriles is 1. The van der Waals surface area contributed by atoms with Crippen LogP contribution in [0, 0.1) is 17.2 Å². The van der Waals surface area contributed by atoms with E-state index in [1.165, 1.54) is 12.8 Å². The van der Waals surface area contributed by atoms with Gasteiger partial charge in [-0.25, -0.2) is 0 Å². The van der Waals surface area contributed by atoms with Gasteiger partial charge in [-0.2, -0.15) is 5.26 Å². The van der Waals surface area contributed by atoms with Crippen molar-refractivity contribution in [2.24, 2.45) is 5.92 Å². The van der Waals surface area contributed by atoms with Crippen LogP contribution >= 0.6 is 0 Å². The van der Waals surface area contributed by atoms with Crippen molar-refractivity contribution in [2.75, 3.05) is 27.2 Å². The van der Waals surface area contributed by atoms with Gasteiger partial charge >= 0.3 is 0 Å². The second kappa shape index (κ2) is 6.21. The van der Waals surface area contributed by atoms with Crippen LogP contribution < -0.4 is 5.32 Å². The van der Waals surface area contributed by atoms with Crippen LogP contribution in [0.1, 0.15) is 39.0 Å². The maximum absolute atomic E-state index is 9.46. The molecule has 4 atom stereocenters. The van der Waals surface area contributed by atoms with E-state index in [2.05, 4.69) is 30.3 Å². The first-order valence-corrected chi connectivity index (χ1v) is 7.55. The summed E-state index contributed by atoms with van der Waals surface area (Å²) in [5, 5.41) is 12.7. The second-order valence-electron chi connectivity index (χ2n) is 6.12. The minimum atomic E-state index is -0.279. The maximum Gasteiger partial charge on any atom is 0.109 e. The molecule has 2 fully saturated rings. The molecule has 0 bridgehead atoms. The van der Waals surface area contributed by atoms with Gasteiger partial charge in [0.05, 0.1) is 12.2 Å². The predicted octanol–water partition coefficient (Wildman–Crippen LogP) is 1.77. The zero-order valence-electron chi connectivity index (χ0n) is 12.5. The summed E-state index contributed by atoms with van der Waals surface area (Å²) in [5.74, 6) is 0.488. The van der Waals surface area contributed by atoms with Crippen molar-refractivity contribution in [1.82, 2.24) is 10.2 Å². The smallest absolute Gasteiger partial charge is 0.109 e. The van der Waals surface area contributed by atoms with Crippen LogP contribution in [-0.4, -0.2) is 49.8 Å². The highest BCUT2D eigenvalue weighted by molar-refractivity contribution is 5.13. The molecule has 1 saturated heterocycles. The van der Waals surface area contributed by atoms with Gasteiger partial charge < -0.3 is 15.0 Å². The number of hydrogen-bond donors (Lipinski definition) is 1. The largest absolute Gasteiger partial charge is 0.377 e. The molecule has 4 heteroatoms. The third-order valence-electron chi connectivity index (χ3n) is 5.20. The molecule has 1 aliphatic heterocycles. The summed E-state index contributed by atoms with van der Waals surface area (Å²) in [7, 11) is 4.12. The SMILES string of the molecule is CNC1(C#N)CCCC1CCN(C)C1CCOC1C. The third kappa shape index (κ3) is 2.94. The Morgan fingerprint density at radius 1 is 1.47 bits per heavy atom. The zero-order chi connectivity index (χ0) is 13.9. The van der Waals surface area contributed by atoms with Gasteiger partial charge in [-0.3, -0.25) is 0 Å². The average molecular weight is 265 g/mol. The van der Waals surface area contributed by atoms with Gasteiger partial charge in [0.25, 0.3) is 0 Å². The van der Waals surface area contributed by atoms with Crippen molar-refractivity contribution < 1.29 is 4.74 Å². The number of likely N-dealkylation sites (N-methyl/N-ethyl adjacent to an activating group) is 1. The van der Waals surface area contributed by atoms with E-state index >= 15 is 0 Å². The Morgan fingerprint density at radius 3 is 2.84 bits per heavy atom.